The van der Waals surface area contributed by atoms with Crippen molar-refractivity contribution in [3.63, 3.8) is 0 Å². The van der Waals surface area contributed by atoms with Gasteiger partial charge in [-0.15, -0.1) is 0 Å². The lowest BCUT2D eigenvalue weighted by Crippen LogP contribution is -2.31. The van der Waals surface area contributed by atoms with E-state index in [2.05, 4.69) is 13.8 Å². The molecule has 1 atom stereocenters. The van der Waals surface area contributed by atoms with E-state index in [0.29, 0.717) is 46.0 Å². The Morgan fingerprint density at radius 2 is 1.63 bits per heavy atom. The number of ketones is 1. The van der Waals surface area contributed by atoms with Gasteiger partial charge in [0.15, 0.2) is 17.3 Å². The van der Waals surface area contributed by atoms with Gasteiger partial charge in [-0.2, -0.15) is 0 Å². The minimum atomic E-state index is -0.676. The summed E-state index contributed by atoms with van der Waals surface area (Å²) in [5.41, 5.74) is 2.43. The molecule has 0 saturated carbocycles. The highest BCUT2D eigenvalue weighted by Gasteiger charge is 2.40. The summed E-state index contributed by atoms with van der Waals surface area (Å²) < 4.78 is 30.0. The van der Waals surface area contributed by atoms with Crippen molar-refractivity contribution >= 4 is 28.7 Å². The molecule has 0 spiro atoms. The van der Waals surface area contributed by atoms with Crippen molar-refractivity contribution in [1.29, 1.82) is 0 Å². The molecule has 9 nitrogen and oxygen atoms in total. The van der Waals surface area contributed by atoms with Crippen LogP contribution < -0.4 is 29.2 Å². The number of hydrogen-bond donors (Lipinski definition) is 0. The largest absolute Gasteiger partial charge is 0.496 e. The van der Waals surface area contributed by atoms with E-state index in [1.54, 1.807) is 34.9 Å². The van der Waals surface area contributed by atoms with E-state index in [0.717, 1.165) is 10.9 Å². The van der Waals surface area contributed by atoms with Crippen molar-refractivity contribution in [3.8, 4) is 28.7 Å². The molecule has 0 bridgehead atoms. The molecule has 0 aliphatic carbocycles. The number of pyridine rings is 1. The van der Waals surface area contributed by atoms with E-state index >= 15 is 0 Å². The maximum absolute atomic E-state index is 14.0. The van der Waals surface area contributed by atoms with Gasteiger partial charge in [0.1, 0.15) is 17.2 Å². The lowest BCUT2D eigenvalue weighted by Gasteiger charge is -2.27. The van der Waals surface area contributed by atoms with Gasteiger partial charge in [-0.3, -0.25) is 14.4 Å². The molecule has 4 aromatic rings. The Labute approximate surface area is 248 Å². The van der Waals surface area contributed by atoms with Crippen LogP contribution in [0.1, 0.15) is 53.2 Å². The van der Waals surface area contributed by atoms with Gasteiger partial charge in [0.05, 0.1) is 38.8 Å². The van der Waals surface area contributed by atoms with Crippen LogP contribution in [0.25, 0.3) is 17.0 Å². The summed E-state index contributed by atoms with van der Waals surface area (Å²) in [6.07, 6.45) is 1.50. The van der Waals surface area contributed by atoms with E-state index in [1.807, 2.05) is 30.3 Å². The molecule has 6 rings (SSSR count). The number of para-hydroxylation sites is 1. The standard InChI is InChI=1S/C34H31NO8/c1-18(2)17-35-24-9-7-6-8-19(24)12-23(34(35)38)22-15-30(36)42-25-11-10-21-32(37)29(43-33(21)31(22)25)14-20-13-27(40-4)28(41-5)16-26(20)39-3/h6-14,16,18,22H,15,17H2,1-5H3/b29-14-/t22-/m1/s1. The third-order valence-corrected chi connectivity index (χ3v) is 7.76. The van der Waals surface area contributed by atoms with E-state index in [9.17, 15) is 14.4 Å². The van der Waals surface area contributed by atoms with Gasteiger partial charge in [0.2, 0.25) is 5.78 Å². The van der Waals surface area contributed by atoms with Crippen LogP contribution in [-0.4, -0.2) is 37.6 Å². The second-order valence-corrected chi connectivity index (χ2v) is 10.9. The first kappa shape index (κ1) is 28.1. The molecule has 1 aromatic heterocycles. The average molecular weight is 582 g/mol. The van der Waals surface area contributed by atoms with E-state index < -0.39 is 11.9 Å². The summed E-state index contributed by atoms with van der Waals surface area (Å²) in [7, 11) is 4.56. The third-order valence-electron chi connectivity index (χ3n) is 7.76. The smallest absolute Gasteiger partial charge is 0.312 e. The van der Waals surface area contributed by atoms with Crippen molar-refractivity contribution < 1.29 is 33.3 Å². The summed E-state index contributed by atoms with van der Waals surface area (Å²) in [5.74, 6) is 0.701. The lowest BCUT2D eigenvalue weighted by molar-refractivity contribution is -0.135. The fourth-order valence-corrected chi connectivity index (χ4v) is 5.82. The predicted octanol–water partition coefficient (Wildman–Crippen LogP) is 5.74. The molecule has 43 heavy (non-hydrogen) atoms. The monoisotopic (exact) mass is 581 g/mol. The molecule has 0 radical (unpaired) electrons. The fourth-order valence-electron chi connectivity index (χ4n) is 5.82. The number of rotatable bonds is 7. The quantitative estimate of drug-likeness (QED) is 0.155. The SMILES string of the molecule is COc1cc(OC)c(OC)cc1/C=C1\Oc2c(ccc3c2[C@@H](c2cc4ccccc4n(CC(C)C)c2=O)CC(=O)O3)C1=O. The number of hydrogen-bond acceptors (Lipinski definition) is 8. The topological polar surface area (TPSA) is 102 Å². The van der Waals surface area contributed by atoms with Crippen LogP contribution in [0.15, 0.2) is 65.2 Å². The zero-order chi connectivity index (χ0) is 30.4. The van der Waals surface area contributed by atoms with Gasteiger partial charge in [-0.05, 0) is 47.7 Å². The van der Waals surface area contributed by atoms with Crippen LogP contribution in [0, 0.1) is 5.92 Å². The van der Waals surface area contributed by atoms with Crippen molar-refractivity contribution in [2.45, 2.75) is 32.7 Å². The zero-order valence-corrected chi connectivity index (χ0v) is 24.6. The number of Topliss-reactive ketones (excluding diaryl/α,β-unsaturated/α-hetero) is 1. The van der Waals surface area contributed by atoms with Gasteiger partial charge in [-0.1, -0.05) is 32.0 Å². The second-order valence-electron chi connectivity index (χ2n) is 10.9. The highest BCUT2D eigenvalue weighted by Crippen LogP contribution is 2.49. The Morgan fingerprint density at radius 1 is 0.907 bits per heavy atom. The molecule has 9 heteroatoms. The molecule has 0 saturated heterocycles. The number of allylic oxidation sites excluding steroid dienone is 1. The molecule has 3 aromatic carbocycles. The highest BCUT2D eigenvalue weighted by molar-refractivity contribution is 6.15. The van der Waals surface area contributed by atoms with Crippen LogP contribution in [-0.2, 0) is 11.3 Å². The third kappa shape index (κ3) is 4.80. The number of fused-ring (bicyclic) bond motifs is 4. The highest BCUT2D eigenvalue weighted by atomic mass is 16.5. The molecule has 0 fully saturated rings. The molecule has 220 valence electrons. The summed E-state index contributed by atoms with van der Waals surface area (Å²) >= 11 is 0. The van der Waals surface area contributed by atoms with Crippen molar-refractivity contribution in [2.75, 3.05) is 21.3 Å². The number of benzene rings is 3. The molecule has 3 heterocycles. The van der Waals surface area contributed by atoms with Crippen molar-refractivity contribution in [3.05, 3.63) is 93.0 Å². The molecule has 2 aliphatic heterocycles. The number of esters is 1. The number of nitrogens with zero attached hydrogens (tertiary/aromatic N) is 1. The Hall–Kier alpha value is -5.05. The maximum Gasteiger partial charge on any atom is 0.312 e. The maximum atomic E-state index is 14.0. The van der Waals surface area contributed by atoms with Gasteiger partial charge in [0.25, 0.3) is 5.56 Å². The molecule has 2 aliphatic rings. The second kappa shape index (κ2) is 11.0. The first-order valence-corrected chi connectivity index (χ1v) is 14.0. The van der Waals surface area contributed by atoms with Crippen LogP contribution in [0.3, 0.4) is 0 Å². The number of carbonyl (C=O) groups excluding carboxylic acids is 2. The van der Waals surface area contributed by atoms with Crippen LogP contribution >= 0.6 is 0 Å². The predicted molar refractivity (Wildman–Crippen MR) is 161 cm³/mol. The molecule has 0 amide bonds. The number of methoxy groups -OCH3 is 3. The van der Waals surface area contributed by atoms with Gasteiger partial charge < -0.3 is 28.3 Å². The first-order chi connectivity index (χ1) is 20.7. The molecule has 0 unspecified atom stereocenters. The molecular formula is C34H31NO8. The zero-order valence-electron chi connectivity index (χ0n) is 24.6. The normalized spacial score (nSPS) is 16.6. The Balaban J connectivity index is 1.50. The summed E-state index contributed by atoms with van der Waals surface area (Å²) in [5, 5.41) is 0.879. The van der Waals surface area contributed by atoms with Gasteiger partial charge >= 0.3 is 5.97 Å². The number of carbonyl (C=O) groups is 2. The van der Waals surface area contributed by atoms with E-state index in [-0.39, 0.29) is 40.9 Å². The van der Waals surface area contributed by atoms with Crippen LogP contribution in [0.4, 0.5) is 0 Å². The molecular weight excluding hydrogens is 550 g/mol. The first-order valence-electron chi connectivity index (χ1n) is 14.0. The minimum Gasteiger partial charge on any atom is -0.496 e. The summed E-state index contributed by atoms with van der Waals surface area (Å²) in [4.78, 5) is 40.5. The Morgan fingerprint density at radius 3 is 2.35 bits per heavy atom. The van der Waals surface area contributed by atoms with Gasteiger partial charge in [-0.25, -0.2) is 0 Å². The fraction of sp³-hybridized carbons (Fsp3) is 0.265. The number of ether oxygens (including phenoxy) is 5. The van der Waals surface area contributed by atoms with E-state index in [1.165, 1.54) is 21.3 Å². The molecule has 0 N–H and O–H groups in total. The minimum absolute atomic E-state index is 0.0558. The summed E-state index contributed by atoms with van der Waals surface area (Å²) in [6.45, 7) is 4.61. The Bertz CT molecular complexity index is 1880. The van der Waals surface area contributed by atoms with Crippen LogP contribution in [0.5, 0.6) is 28.7 Å². The van der Waals surface area contributed by atoms with E-state index in [4.69, 9.17) is 23.7 Å². The van der Waals surface area contributed by atoms with Crippen molar-refractivity contribution in [1.82, 2.24) is 4.57 Å². The lowest BCUT2D eigenvalue weighted by atomic mass is 9.84. The van der Waals surface area contributed by atoms with Gasteiger partial charge in [0, 0.05) is 35.2 Å². The Kier molecular flexibility index (Phi) is 7.17. The van der Waals surface area contributed by atoms with Crippen LogP contribution in [0.2, 0.25) is 0 Å². The average Bonchev–Trinajstić information content (AvgIpc) is 3.32. The number of aromatic nitrogens is 1. The van der Waals surface area contributed by atoms with Crippen molar-refractivity contribution in [2.24, 2.45) is 5.92 Å². The summed E-state index contributed by atoms with van der Waals surface area (Å²) in [6, 6.07) is 16.0.